The minimum atomic E-state index is -4.04. The number of halogens is 1. The van der Waals surface area contributed by atoms with E-state index in [1.165, 1.54) is 13.1 Å². The fraction of sp³-hybridized carbons (Fsp3) is 0.333. The number of amides is 1. The highest BCUT2D eigenvalue weighted by molar-refractivity contribution is 7.89. The molecule has 0 fully saturated rings. The summed E-state index contributed by atoms with van der Waals surface area (Å²) in [6.07, 6.45) is 0.613. The molecule has 1 aromatic heterocycles. The Balaban J connectivity index is 1.93. The average molecular weight is 353 g/mol. The van der Waals surface area contributed by atoms with Crippen LogP contribution < -0.4 is 5.32 Å². The fourth-order valence-electron chi connectivity index (χ4n) is 2.55. The molecule has 0 saturated carbocycles. The van der Waals surface area contributed by atoms with Crippen LogP contribution in [-0.2, 0) is 27.8 Å². The highest BCUT2D eigenvalue weighted by Crippen LogP contribution is 2.29. The Morgan fingerprint density at radius 3 is 2.75 bits per heavy atom. The van der Waals surface area contributed by atoms with Gasteiger partial charge in [-0.3, -0.25) is 4.79 Å². The van der Waals surface area contributed by atoms with Crippen molar-refractivity contribution in [2.24, 2.45) is 0 Å². The number of carbonyl (C=O) groups is 1. The van der Waals surface area contributed by atoms with Crippen LogP contribution >= 0.6 is 0 Å². The van der Waals surface area contributed by atoms with Crippen molar-refractivity contribution >= 4 is 21.6 Å². The summed E-state index contributed by atoms with van der Waals surface area (Å²) in [5, 5.41) is 6.28. The van der Waals surface area contributed by atoms with E-state index in [0.29, 0.717) is 29.1 Å². The Morgan fingerprint density at radius 1 is 1.33 bits per heavy atom. The van der Waals surface area contributed by atoms with Gasteiger partial charge in [-0.1, -0.05) is 5.16 Å². The van der Waals surface area contributed by atoms with Gasteiger partial charge in [0.2, 0.25) is 15.9 Å². The first-order chi connectivity index (χ1) is 11.3. The van der Waals surface area contributed by atoms with Gasteiger partial charge in [-0.2, -0.15) is 4.31 Å². The number of nitrogens with one attached hydrogen (secondary N) is 1. The maximum Gasteiger partial charge on any atom is 0.246 e. The van der Waals surface area contributed by atoms with E-state index in [0.717, 1.165) is 10.4 Å². The van der Waals surface area contributed by atoms with Crippen molar-refractivity contribution < 1.29 is 22.1 Å². The van der Waals surface area contributed by atoms with E-state index in [1.54, 1.807) is 13.0 Å². The molecule has 1 amide bonds. The van der Waals surface area contributed by atoms with Gasteiger partial charge in [-0.25, -0.2) is 12.8 Å². The molecule has 9 heteroatoms. The van der Waals surface area contributed by atoms with Gasteiger partial charge in [0.05, 0.1) is 12.2 Å². The molecule has 24 heavy (non-hydrogen) atoms. The second-order valence-corrected chi connectivity index (χ2v) is 7.69. The van der Waals surface area contributed by atoms with Crippen molar-refractivity contribution in [3.05, 3.63) is 41.0 Å². The Morgan fingerprint density at radius 2 is 2.08 bits per heavy atom. The second-order valence-electron chi connectivity index (χ2n) is 5.68. The molecule has 128 valence electrons. The van der Waals surface area contributed by atoms with Gasteiger partial charge < -0.3 is 9.84 Å². The lowest BCUT2D eigenvalue weighted by Crippen LogP contribution is -2.28. The zero-order valence-corrected chi connectivity index (χ0v) is 14.0. The maximum absolute atomic E-state index is 14.3. The van der Waals surface area contributed by atoms with Crippen molar-refractivity contribution in [2.75, 3.05) is 12.4 Å². The topological polar surface area (TPSA) is 92.5 Å². The molecule has 0 atom stereocenters. The van der Waals surface area contributed by atoms with Crippen LogP contribution in [0.5, 0.6) is 0 Å². The molecule has 0 radical (unpaired) electrons. The Labute approximate surface area is 138 Å². The highest BCUT2D eigenvalue weighted by Gasteiger charge is 2.28. The van der Waals surface area contributed by atoms with Crippen molar-refractivity contribution in [3.8, 4) is 0 Å². The molecule has 7 nitrogen and oxygen atoms in total. The monoisotopic (exact) mass is 353 g/mol. The molecule has 1 N–H and O–H groups in total. The molecule has 2 aromatic rings. The summed E-state index contributed by atoms with van der Waals surface area (Å²) in [4.78, 5) is 10.9. The lowest BCUT2D eigenvalue weighted by Gasteiger charge is -2.21. The van der Waals surface area contributed by atoms with Gasteiger partial charge in [0.1, 0.15) is 16.5 Å². The smallest absolute Gasteiger partial charge is 0.246 e. The lowest BCUT2D eigenvalue weighted by atomic mass is 10.0. The predicted octanol–water partition coefficient (Wildman–Crippen LogP) is 1.83. The third kappa shape index (κ3) is 3.04. The number of benzene rings is 1. The number of nitrogens with zero attached hydrogens (tertiary/aromatic N) is 2. The van der Waals surface area contributed by atoms with Crippen LogP contribution in [0.15, 0.2) is 27.6 Å². The molecular formula is C15H16FN3O4S. The van der Waals surface area contributed by atoms with E-state index in [2.05, 4.69) is 10.5 Å². The molecule has 0 unspecified atom stereocenters. The predicted molar refractivity (Wildman–Crippen MR) is 83.2 cm³/mol. The molecular weight excluding hydrogens is 337 g/mol. The van der Waals surface area contributed by atoms with Crippen molar-refractivity contribution in [1.82, 2.24) is 9.46 Å². The number of aromatic nitrogens is 1. The average Bonchev–Trinajstić information content (AvgIpc) is 2.91. The van der Waals surface area contributed by atoms with E-state index in [9.17, 15) is 17.6 Å². The third-order valence-electron chi connectivity index (χ3n) is 3.80. The fourth-order valence-corrected chi connectivity index (χ4v) is 3.79. The minimum Gasteiger partial charge on any atom is -0.361 e. The summed E-state index contributed by atoms with van der Waals surface area (Å²) in [5.74, 6) is -0.554. The Bertz CT molecular complexity index is 907. The molecule has 1 aliphatic rings. The molecule has 3 rings (SSSR count). The zero-order chi connectivity index (χ0) is 17.5. The van der Waals surface area contributed by atoms with Crippen LogP contribution in [0.3, 0.4) is 0 Å². The molecule has 1 aliphatic heterocycles. The van der Waals surface area contributed by atoms with Crippen molar-refractivity contribution in [1.29, 1.82) is 0 Å². The second kappa shape index (κ2) is 5.99. The number of fused-ring (bicyclic) bond motifs is 1. The highest BCUT2D eigenvalue weighted by atomic mass is 32.2. The van der Waals surface area contributed by atoms with E-state index >= 15 is 0 Å². The number of aryl methyl sites for hydroxylation is 2. The minimum absolute atomic E-state index is 0.0348. The standard InChI is InChI=1S/C15H16FN3O4S/c1-9-5-11(18-23-9)8-19(2)24(21,22)14-6-10-3-4-15(20)17-13(10)7-12(14)16/h5-7H,3-4,8H2,1-2H3,(H,17,20). The number of sulfonamides is 1. The van der Waals surface area contributed by atoms with E-state index in [4.69, 9.17) is 4.52 Å². The quantitative estimate of drug-likeness (QED) is 0.905. The summed E-state index contributed by atoms with van der Waals surface area (Å²) in [5.41, 5.74) is 1.35. The number of carbonyl (C=O) groups excluding carboxylic acids is 1. The molecule has 1 aromatic carbocycles. The van der Waals surface area contributed by atoms with E-state index in [1.807, 2.05) is 0 Å². The first-order valence-corrected chi connectivity index (χ1v) is 8.72. The van der Waals surface area contributed by atoms with E-state index in [-0.39, 0.29) is 18.9 Å². The van der Waals surface area contributed by atoms with Crippen LogP contribution in [0, 0.1) is 12.7 Å². The largest absolute Gasteiger partial charge is 0.361 e. The van der Waals surface area contributed by atoms with Crippen LogP contribution in [0.2, 0.25) is 0 Å². The summed E-state index contributed by atoms with van der Waals surface area (Å²) in [6.45, 7) is 1.66. The molecule has 0 spiro atoms. The normalized spacial score (nSPS) is 14.6. The Hall–Kier alpha value is -2.26. The Kier molecular flexibility index (Phi) is 4.14. The van der Waals surface area contributed by atoms with Crippen LogP contribution in [0.25, 0.3) is 0 Å². The zero-order valence-electron chi connectivity index (χ0n) is 13.2. The molecule has 0 aliphatic carbocycles. The maximum atomic E-state index is 14.3. The van der Waals surface area contributed by atoms with Gasteiger partial charge >= 0.3 is 0 Å². The summed E-state index contributed by atoms with van der Waals surface area (Å²) in [7, 11) is -2.69. The van der Waals surface area contributed by atoms with Crippen LogP contribution in [-0.4, -0.2) is 30.8 Å². The summed E-state index contributed by atoms with van der Waals surface area (Å²) >= 11 is 0. The first kappa shape index (κ1) is 16.6. The number of hydrogen-bond donors (Lipinski definition) is 1. The third-order valence-corrected chi connectivity index (χ3v) is 5.62. The van der Waals surface area contributed by atoms with Gasteiger partial charge in [-0.05, 0) is 31.0 Å². The van der Waals surface area contributed by atoms with Crippen LogP contribution in [0.1, 0.15) is 23.4 Å². The number of rotatable bonds is 4. The SMILES string of the molecule is Cc1cc(CN(C)S(=O)(=O)c2cc3c(cc2F)NC(=O)CC3)no1. The van der Waals surface area contributed by atoms with Gasteiger partial charge in [0.15, 0.2) is 0 Å². The summed E-state index contributed by atoms with van der Waals surface area (Å²) < 4.78 is 45.5. The van der Waals surface area contributed by atoms with Gasteiger partial charge in [-0.15, -0.1) is 0 Å². The van der Waals surface area contributed by atoms with Crippen molar-refractivity contribution in [2.45, 2.75) is 31.2 Å². The van der Waals surface area contributed by atoms with E-state index < -0.39 is 20.7 Å². The summed E-state index contributed by atoms with van der Waals surface area (Å²) in [6, 6.07) is 3.95. The number of hydrogen-bond acceptors (Lipinski definition) is 5. The van der Waals surface area contributed by atoms with Gasteiger partial charge in [0, 0.05) is 25.2 Å². The molecule has 0 bridgehead atoms. The lowest BCUT2D eigenvalue weighted by molar-refractivity contribution is -0.116. The first-order valence-electron chi connectivity index (χ1n) is 7.28. The number of anilines is 1. The van der Waals surface area contributed by atoms with Gasteiger partial charge in [0.25, 0.3) is 0 Å². The van der Waals surface area contributed by atoms with Crippen molar-refractivity contribution in [3.63, 3.8) is 0 Å². The molecule has 0 saturated heterocycles. The molecule has 2 heterocycles. The van der Waals surface area contributed by atoms with Crippen LogP contribution in [0.4, 0.5) is 10.1 Å².